The average molecular weight is 323 g/mol. The van der Waals surface area contributed by atoms with E-state index in [1.54, 1.807) is 17.4 Å². The Morgan fingerprint density at radius 1 is 0.957 bits per heavy atom. The van der Waals surface area contributed by atoms with Gasteiger partial charge < -0.3 is 5.11 Å². The highest BCUT2D eigenvalue weighted by molar-refractivity contribution is 7.15. The third-order valence-corrected chi connectivity index (χ3v) is 5.36. The molecule has 0 bridgehead atoms. The number of aryl methyl sites for hydroxylation is 5. The summed E-state index contributed by atoms with van der Waals surface area (Å²) in [5.41, 5.74) is 5.77. The number of hydrogen-bond acceptors (Lipinski definition) is 3. The SMILES string of the molecule is Cc1ccc(-c2nc(C)c(CCc3ccc(O)c(C)c3)s2)cc1. The Morgan fingerprint density at radius 3 is 2.39 bits per heavy atom. The summed E-state index contributed by atoms with van der Waals surface area (Å²) in [6, 6.07) is 14.4. The summed E-state index contributed by atoms with van der Waals surface area (Å²) in [6.45, 7) is 6.12. The first-order valence-electron chi connectivity index (χ1n) is 7.85. The molecule has 1 heterocycles. The number of aromatic nitrogens is 1. The molecule has 1 aromatic heterocycles. The van der Waals surface area contributed by atoms with Gasteiger partial charge in [0.25, 0.3) is 0 Å². The van der Waals surface area contributed by atoms with Gasteiger partial charge in [-0.05, 0) is 50.8 Å². The van der Waals surface area contributed by atoms with Crippen molar-refractivity contribution in [3.05, 3.63) is 69.7 Å². The number of phenolic OH excluding ortho intramolecular Hbond substituents is 1. The van der Waals surface area contributed by atoms with Crippen molar-refractivity contribution in [2.45, 2.75) is 33.6 Å². The van der Waals surface area contributed by atoms with Gasteiger partial charge in [-0.25, -0.2) is 4.98 Å². The van der Waals surface area contributed by atoms with Crippen LogP contribution in [0.1, 0.15) is 27.3 Å². The topological polar surface area (TPSA) is 33.1 Å². The van der Waals surface area contributed by atoms with E-state index in [2.05, 4.69) is 44.2 Å². The number of phenols is 1. The molecule has 0 aliphatic carbocycles. The second kappa shape index (κ2) is 6.55. The average Bonchev–Trinajstić information content (AvgIpc) is 2.90. The van der Waals surface area contributed by atoms with Crippen LogP contribution in [0.4, 0.5) is 0 Å². The molecule has 0 aliphatic heterocycles. The fourth-order valence-corrected chi connectivity index (χ4v) is 3.68. The summed E-state index contributed by atoms with van der Waals surface area (Å²) in [5.74, 6) is 0.365. The fraction of sp³-hybridized carbons (Fsp3) is 0.250. The lowest BCUT2D eigenvalue weighted by Crippen LogP contribution is -1.91. The Hall–Kier alpha value is -2.13. The molecule has 3 heteroatoms. The lowest BCUT2D eigenvalue weighted by atomic mass is 10.1. The van der Waals surface area contributed by atoms with Crippen LogP contribution in [0, 0.1) is 20.8 Å². The van der Waals surface area contributed by atoms with E-state index in [0.717, 1.165) is 29.1 Å². The van der Waals surface area contributed by atoms with Gasteiger partial charge >= 0.3 is 0 Å². The van der Waals surface area contributed by atoms with Gasteiger partial charge in [0.15, 0.2) is 0 Å². The van der Waals surface area contributed by atoms with Crippen molar-refractivity contribution in [3.8, 4) is 16.3 Å². The maximum atomic E-state index is 9.61. The Balaban J connectivity index is 1.76. The Kier molecular flexibility index (Phi) is 4.49. The standard InChI is InChI=1S/C20H21NOS/c1-13-4-8-17(9-5-13)20-21-15(3)19(23-20)11-7-16-6-10-18(22)14(2)12-16/h4-6,8-10,12,22H,7,11H2,1-3H3. The maximum absolute atomic E-state index is 9.61. The quantitative estimate of drug-likeness (QED) is 0.713. The zero-order valence-electron chi connectivity index (χ0n) is 13.8. The first kappa shape index (κ1) is 15.8. The minimum atomic E-state index is 0.365. The number of benzene rings is 2. The van der Waals surface area contributed by atoms with E-state index < -0.39 is 0 Å². The van der Waals surface area contributed by atoms with E-state index in [4.69, 9.17) is 4.98 Å². The summed E-state index contributed by atoms with van der Waals surface area (Å²) < 4.78 is 0. The van der Waals surface area contributed by atoms with Crippen molar-refractivity contribution >= 4 is 11.3 Å². The van der Waals surface area contributed by atoms with Gasteiger partial charge in [0.1, 0.15) is 10.8 Å². The highest BCUT2D eigenvalue weighted by atomic mass is 32.1. The minimum Gasteiger partial charge on any atom is -0.508 e. The van der Waals surface area contributed by atoms with Crippen molar-refractivity contribution < 1.29 is 5.11 Å². The summed E-state index contributed by atoms with van der Waals surface area (Å²) in [7, 11) is 0. The summed E-state index contributed by atoms with van der Waals surface area (Å²) in [4.78, 5) is 6.07. The van der Waals surface area contributed by atoms with Crippen LogP contribution in [-0.4, -0.2) is 10.1 Å². The molecule has 0 aliphatic rings. The van der Waals surface area contributed by atoms with Gasteiger partial charge in [-0.2, -0.15) is 0 Å². The molecule has 3 aromatic rings. The lowest BCUT2D eigenvalue weighted by molar-refractivity contribution is 0.471. The molecule has 0 unspecified atom stereocenters. The van der Waals surface area contributed by atoms with Gasteiger partial charge in [0.05, 0.1) is 5.69 Å². The Morgan fingerprint density at radius 2 is 1.70 bits per heavy atom. The zero-order chi connectivity index (χ0) is 16.4. The molecule has 0 spiro atoms. The first-order chi connectivity index (χ1) is 11.0. The molecule has 0 fully saturated rings. The van der Waals surface area contributed by atoms with E-state index in [1.807, 2.05) is 13.0 Å². The van der Waals surface area contributed by atoms with E-state index in [1.165, 1.54) is 21.6 Å². The number of hydrogen-bond donors (Lipinski definition) is 1. The van der Waals surface area contributed by atoms with Crippen molar-refractivity contribution in [2.24, 2.45) is 0 Å². The predicted octanol–water partition coefficient (Wildman–Crippen LogP) is 5.23. The minimum absolute atomic E-state index is 0.365. The number of thiazole rings is 1. The summed E-state index contributed by atoms with van der Waals surface area (Å²) in [5, 5.41) is 10.7. The molecule has 23 heavy (non-hydrogen) atoms. The predicted molar refractivity (Wildman–Crippen MR) is 97.3 cm³/mol. The molecule has 118 valence electrons. The van der Waals surface area contributed by atoms with Gasteiger partial charge in [-0.15, -0.1) is 11.3 Å². The van der Waals surface area contributed by atoms with Crippen LogP contribution in [-0.2, 0) is 12.8 Å². The molecule has 0 amide bonds. The smallest absolute Gasteiger partial charge is 0.123 e. The molecule has 1 N–H and O–H groups in total. The van der Waals surface area contributed by atoms with Gasteiger partial charge in [-0.3, -0.25) is 0 Å². The number of rotatable bonds is 4. The molecular formula is C20H21NOS. The van der Waals surface area contributed by atoms with Crippen LogP contribution in [0.15, 0.2) is 42.5 Å². The number of nitrogens with zero attached hydrogens (tertiary/aromatic N) is 1. The van der Waals surface area contributed by atoms with Gasteiger partial charge in [0.2, 0.25) is 0 Å². The molecule has 0 atom stereocenters. The Bertz CT molecular complexity index is 818. The van der Waals surface area contributed by atoms with Crippen LogP contribution >= 0.6 is 11.3 Å². The van der Waals surface area contributed by atoms with E-state index >= 15 is 0 Å². The molecule has 2 aromatic carbocycles. The second-order valence-corrected chi connectivity index (χ2v) is 7.10. The maximum Gasteiger partial charge on any atom is 0.123 e. The molecule has 2 nitrogen and oxygen atoms in total. The van der Waals surface area contributed by atoms with Crippen LogP contribution in [0.5, 0.6) is 5.75 Å². The van der Waals surface area contributed by atoms with Crippen LogP contribution < -0.4 is 0 Å². The van der Waals surface area contributed by atoms with E-state index in [0.29, 0.717) is 5.75 Å². The molecule has 3 rings (SSSR count). The second-order valence-electron chi connectivity index (χ2n) is 6.01. The molecule has 0 saturated carbocycles. The van der Waals surface area contributed by atoms with Crippen LogP contribution in [0.2, 0.25) is 0 Å². The van der Waals surface area contributed by atoms with Gasteiger partial charge in [0, 0.05) is 10.4 Å². The van der Waals surface area contributed by atoms with Crippen molar-refractivity contribution in [1.29, 1.82) is 0 Å². The van der Waals surface area contributed by atoms with Crippen LogP contribution in [0.3, 0.4) is 0 Å². The fourth-order valence-electron chi connectivity index (χ4n) is 2.61. The van der Waals surface area contributed by atoms with E-state index in [-0.39, 0.29) is 0 Å². The van der Waals surface area contributed by atoms with Crippen molar-refractivity contribution in [1.82, 2.24) is 4.98 Å². The Labute approximate surface area is 141 Å². The largest absolute Gasteiger partial charge is 0.508 e. The summed E-state index contributed by atoms with van der Waals surface area (Å²) >= 11 is 1.78. The highest BCUT2D eigenvalue weighted by Crippen LogP contribution is 2.29. The van der Waals surface area contributed by atoms with Gasteiger partial charge in [-0.1, -0.05) is 42.0 Å². The first-order valence-corrected chi connectivity index (χ1v) is 8.66. The highest BCUT2D eigenvalue weighted by Gasteiger charge is 2.10. The third-order valence-electron chi connectivity index (χ3n) is 4.09. The van der Waals surface area contributed by atoms with Crippen molar-refractivity contribution in [2.75, 3.05) is 0 Å². The molecule has 0 saturated heterocycles. The monoisotopic (exact) mass is 323 g/mol. The van der Waals surface area contributed by atoms with Crippen LogP contribution in [0.25, 0.3) is 10.6 Å². The molecule has 0 radical (unpaired) electrons. The van der Waals surface area contributed by atoms with E-state index in [9.17, 15) is 5.11 Å². The van der Waals surface area contributed by atoms with Crippen molar-refractivity contribution in [3.63, 3.8) is 0 Å². The molecular weight excluding hydrogens is 302 g/mol. The third kappa shape index (κ3) is 3.62. The lowest BCUT2D eigenvalue weighted by Gasteiger charge is -2.04. The zero-order valence-corrected chi connectivity index (χ0v) is 14.6. The number of aromatic hydroxyl groups is 1. The summed E-state index contributed by atoms with van der Waals surface area (Å²) in [6.07, 6.45) is 1.96. The normalized spacial score (nSPS) is 10.9.